The predicted molar refractivity (Wildman–Crippen MR) is 181 cm³/mol. The van der Waals surface area contributed by atoms with Gasteiger partial charge in [-0.25, -0.2) is 9.59 Å². The molecule has 0 aliphatic heterocycles. The maximum Gasteiger partial charge on any atom is 0.338 e. The van der Waals surface area contributed by atoms with Crippen LogP contribution in [0.2, 0.25) is 0 Å². The molecule has 8 atom stereocenters. The Balaban J connectivity index is 0.000000383. The van der Waals surface area contributed by atoms with Gasteiger partial charge < -0.3 is 9.84 Å². The van der Waals surface area contributed by atoms with E-state index in [1.165, 1.54) is 69.9 Å². The molecule has 6 rings (SSSR count). The van der Waals surface area contributed by atoms with Gasteiger partial charge in [0.15, 0.2) is 0 Å². The van der Waals surface area contributed by atoms with Crippen molar-refractivity contribution in [2.45, 2.75) is 111 Å². The first kappa shape index (κ1) is 33.5. The SMILES string of the molecule is CC(C)CCC[C@@H](C)[C@H]1CC[C@H]2[C@@H]3CC=C4C[C@@H](OC(=O)c5ccccc5)CC[C@]4(C)[C@H]3CC[C@]12C.O=C(O)c1cc[c]cc1. The molecule has 4 aliphatic carbocycles. The van der Waals surface area contributed by atoms with Crippen molar-refractivity contribution < 1.29 is 19.4 Å². The molecule has 0 unspecified atom stereocenters. The van der Waals surface area contributed by atoms with Crippen molar-refractivity contribution in [3.05, 3.63) is 83.4 Å². The van der Waals surface area contributed by atoms with E-state index in [4.69, 9.17) is 9.84 Å². The normalized spacial score (nSPS) is 32.6. The van der Waals surface area contributed by atoms with Crippen LogP contribution < -0.4 is 0 Å². The Morgan fingerprint density at radius 3 is 2.31 bits per heavy atom. The first-order chi connectivity index (χ1) is 21.5. The Kier molecular flexibility index (Phi) is 10.6. The monoisotopic (exact) mass is 611 g/mol. The van der Waals surface area contributed by atoms with Gasteiger partial charge in [0.1, 0.15) is 6.10 Å². The third-order valence-corrected chi connectivity index (χ3v) is 12.5. The van der Waals surface area contributed by atoms with E-state index in [0.717, 1.165) is 48.3 Å². The van der Waals surface area contributed by atoms with Crippen molar-refractivity contribution in [3.8, 4) is 0 Å². The summed E-state index contributed by atoms with van der Waals surface area (Å²) in [6, 6.07) is 18.4. The molecule has 0 amide bonds. The highest BCUT2D eigenvalue weighted by Crippen LogP contribution is 2.67. The largest absolute Gasteiger partial charge is 0.478 e. The number of carboxylic acids is 1. The zero-order chi connectivity index (χ0) is 32.2. The average molecular weight is 612 g/mol. The van der Waals surface area contributed by atoms with Crippen LogP contribution in [0.4, 0.5) is 0 Å². The van der Waals surface area contributed by atoms with E-state index in [9.17, 15) is 9.59 Å². The Bertz CT molecular complexity index is 1320. The van der Waals surface area contributed by atoms with Gasteiger partial charge in [-0.2, -0.15) is 0 Å². The smallest absolute Gasteiger partial charge is 0.338 e. The molecule has 4 aliphatic rings. The van der Waals surface area contributed by atoms with Gasteiger partial charge in [0, 0.05) is 6.42 Å². The van der Waals surface area contributed by atoms with E-state index >= 15 is 0 Å². The number of hydrogen-bond donors (Lipinski definition) is 1. The van der Waals surface area contributed by atoms with Gasteiger partial charge in [0.05, 0.1) is 11.1 Å². The summed E-state index contributed by atoms with van der Waals surface area (Å²) in [4.78, 5) is 22.9. The molecule has 1 N–H and O–H groups in total. The van der Waals surface area contributed by atoms with Crippen LogP contribution in [0.15, 0.2) is 66.2 Å². The number of carbonyl (C=O) groups is 2. The van der Waals surface area contributed by atoms with Crippen LogP contribution in [0.1, 0.15) is 126 Å². The fraction of sp³-hybridized carbons (Fsp3) is 0.610. The van der Waals surface area contributed by atoms with E-state index in [2.05, 4.69) is 46.8 Å². The van der Waals surface area contributed by atoms with Crippen LogP contribution in [0.5, 0.6) is 0 Å². The molecule has 1 radical (unpaired) electrons. The summed E-state index contributed by atoms with van der Waals surface area (Å²) in [6.45, 7) is 12.6. The summed E-state index contributed by atoms with van der Waals surface area (Å²) in [5, 5.41) is 8.37. The Morgan fingerprint density at radius 1 is 0.911 bits per heavy atom. The van der Waals surface area contributed by atoms with Gasteiger partial charge in [-0.3, -0.25) is 0 Å². The molecule has 0 spiro atoms. The van der Waals surface area contributed by atoms with E-state index in [1.54, 1.807) is 17.7 Å². The molecule has 4 heteroatoms. The third kappa shape index (κ3) is 7.26. The zero-order valence-electron chi connectivity index (χ0n) is 28.3. The van der Waals surface area contributed by atoms with E-state index in [0.29, 0.717) is 22.0 Å². The number of aromatic carboxylic acids is 1. The molecular weight excluding hydrogens is 556 g/mol. The lowest BCUT2D eigenvalue weighted by Crippen LogP contribution is -2.51. The van der Waals surface area contributed by atoms with Crippen LogP contribution in [0.3, 0.4) is 0 Å². The first-order valence-corrected chi connectivity index (χ1v) is 17.7. The fourth-order valence-electron chi connectivity index (χ4n) is 10.1. The Hall–Kier alpha value is -2.88. The van der Waals surface area contributed by atoms with Gasteiger partial charge in [0.25, 0.3) is 0 Å². The third-order valence-electron chi connectivity index (χ3n) is 12.5. The lowest BCUT2D eigenvalue weighted by atomic mass is 9.47. The standard InChI is InChI=1S/C34H50O2.C7H5O2/c1-23(2)10-9-11-24(3)29-16-17-30-28-15-14-26-22-27(36-32(35)25-12-7-6-8-13-25)18-20-33(26,4)31(28)19-21-34(29,30)5;8-7(9)6-4-2-1-3-5-6/h6-8,12-14,23-24,27-31H,9-11,15-22H2,1-5H3;2-5H,(H,8,9)/t24-,27+,28+,29-,30+,31+,33+,34-;/m1./s1. The molecule has 2 aromatic carbocycles. The number of carboxylic acid groups (broad SMARTS) is 1. The highest BCUT2D eigenvalue weighted by molar-refractivity contribution is 5.89. The number of benzene rings is 2. The maximum absolute atomic E-state index is 12.7. The van der Waals surface area contributed by atoms with Crippen LogP contribution in [0, 0.1) is 52.4 Å². The summed E-state index contributed by atoms with van der Waals surface area (Å²) >= 11 is 0. The van der Waals surface area contributed by atoms with Crippen LogP contribution in [-0.4, -0.2) is 23.1 Å². The van der Waals surface area contributed by atoms with Crippen molar-refractivity contribution in [3.63, 3.8) is 0 Å². The number of ether oxygens (including phenoxy) is 1. The summed E-state index contributed by atoms with van der Waals surface area (Å²) in [5.41, 5.74) is 3.42. The molecule has 0 heterocycles. The molecule has 2 aromatic rings. The second-order valence-corrected chi connectivity index (χ2v) is 15.5. The second-order valence-electron chi connectivity index (χ2n) is 15.5. The summed E-state index contributed by atoms with van der Waals surface area (Å²) in [5.74, 6) is 4.13. The van der Waals surface area contributed by atoms with Crippen molar-refractivity contribution in [2.24, 2.45) is 46.3 Å². The number of esters is 1. The molecule has 0 aromatic heterocycles. The predicted octanol–water partition coefficient (Wildman–Crippen LogP) is 10.4. The molecular formula is C41H55O4. The minimum absolute atomic E-state index is 0.0324. The molecule has 0 bridgehead atoms. The van der Waals surface area contributed by atoms with Gasteiger partial charge in [-0.15, -0.1) is 0 Å². The van der Waals surface area contributed by atoms with Crippen LogP contribution >= 0.6 is 0 Å². The Labute approximate surface area is 272 Å². The molecule has 0 saturated heterocycles. The molecule has 3 saturated carbocycles. The number of allylic oxidation sites excluding steroid dienone is 1. The van der Waals surface area contributed by atoms with E-state index in [-0.39, 0.29) is 12.1 Å². The van der Waals surface area contributed by atoms with E-state index in [1.807, 2.05) is 30.3 Å². The lowest BCUT2D eigenvalue weighted by Gasteiger charge is -2.58. The molecule has 45 heavy (non-hydrogen) atoms. The van der Waals surface area contributed by atoms with Crippen molar-refractivity contribution >= 4 is 11.9 Å². The van der Waals surface area contributed by atoms with Crippen LogP contribution in [0.25, 0.3) is 0 Å². The van der Waals surface area contributed by atoms with Crippen LogP contribution in [-0.2, 0) is 4.74 Å². The number of rotatable bonds is 8. The second kappa shape index (κ2) is 14.3. The minimum Gasteiger partial charge on any atom is -0.478 e. The van der Waals surface area contributed by atoms with Crippen molar-refractivity contribution in [2.75, 3.05) is 0 Å². The molecule has 4 nitrogen and oxygen atoms in total. The Morgan fingerprint density at radius 2 is 1.64 bits per heavy atom. The van der Waals surface area contributed by atoms with Gasteiger partial charge >= 0.3 is 11.9 Å². The van der Waals surface area contributed by atoms with E-state index < -0.39 is 5.97 Å². The van der Waals surface area contributed by atoms with Gasteiger partial charge in [-0.1, -0.05) is 95.9 Å². The van der Waals surface area contributed by atoms with Gasteiger partial charge in [-0.05, 0) is 122 Å². The molecule has 243 valence electrons. The summed E-state index contributed by atoms with van der Waals surface area (Å²) in [7, 11) is 0. The van der Waals surface area contributed by atoms with Crippen molar-refractivity contribution in [1.29, 1.82) is 0 Å². The minimum atomic E-state index is -0.899. The summed E-state index contributed by atoms with van der Waals surface area (Å²) in [6.07, 6.45) is 17.0. The van der Waals surface area contributed by atoms with Gasteiger partial charge in [0.2, 0.25) is 0 Å². The zero-order valence-corrected chi connectivity index (χ0v) is 28.3. The highest BCUT2D eigenvalue weighted by atomic mass is 16.5. The maximum atomic E-state index is 12.7. The molecule has 3 fully saturated rings. The highest BCUT2D eigenvalue weighted by Gasteiger charge is 2.59. The number of fused-ring (bicyclic) bond motifs is 5. The number of carbonyl (C=O) groups excluding carboxylic acids is 1. The number of hydrogen-bond acceptors (Lipinski definition) is 3. The summed E-state index contributed by atoms with van der Waals surface area (Å²) < 4.78 is 6.00. The van der Waals surface area contributed by atoms with Crippen molar-refractivity contribution in [1.82, 2.24) is 0 Å². The topological polar surface area (TPSA) is 63.6 Å². The average Bonchev–Trinajstić information content (AvgIpc) is 3.39. The quantitative estimate of drug-likeness (QED) is 0.238. The fourth-order valence-corrected chi connectivity index (χ4v) is 10.1. The first-order valence-electron chi connectivity index (χ1n) is 17.7. The lowest BCUT2D eigenvalue weighted by molar-refractivity contribution is -0.0594.